The third kappa shape index (κ3) is 7.79. The van der Waals surface area contributed by atoms with Gasteiger partial charge >= 0.3 is 0 Å². The summed E-state index contributed by atoms with van der Waals surface area (Å²) in [6.45, 7) is 8.77. The molecule has 2 amide bonds. The summed E-state index contributed by atoms with van der Waals surface area (Å²) in [4.78, 5) is 29.8. The molecule has 1 fully saturated rings. The lowest BCUT2D eigenvalue weighted by molar-refractivity contribution is -0.134. The monoisotopic (exact) mass is 476 g/mol. The van der Waals surface area contributed by atoms with Crippen LogP contribution < -0.4 is 5.32 Å². The Bertz CT molecular complexity index is 1040. The van der Waals surface area contributed by atoms with Gasteiger partial charge in [0.1, 0.15) is 6.04 Å². The highest BCUT2D eigenvalue weighted by molar-refractivity contribution is 5.84. The SMILES string of the molecule is CC(C)COCc1ccccc1.C[C@@H]1CCCN1C(=O)[C@H](c1ccccc1)n1cnc(NC=O)c1. The van der Waals surface area contributed by atoms with Crippen molar-refractivity contribution in [2.24, 2.45) is 5.92 Å². The quantitative estimate of drug-likeness (QED) is 0.445. The van der Waals surface area contributed by atoms with Crippen molar-refractivity contribution in [2.75, 3.05) is 18.5 Å². The molecule has 2 atom stereocenters. The Labute approximate surface area is 208 Å². The number of imidazole rings is 1. The van der Waals surface area contributed by atoms with Crippen molar-refractivity contribution in [2.45, 2.75) is 52.3 Å². The lowest BCUT2D eigenvalue weighted by atomic mass is 10.0. The number of nitrogens with one attached hydrogen (secondary N) is 1. The van der Waals surface area contributed by atoms with E-state index < -0.39 is 6.04 Å². The Hall–Kier alpha value is -3.45. The average molecular weight is 477 g/mol. The third-order valence-corrected chi connectivity index (χ3v) is 5.85. The Morgan fingerprint density at radius 2 is 1.83 bits per heavy atom. The molecule has 0 bridgehead atoms. The van der Waals surface area contributed by atoms with Crippen LogP contribution >= 0.6 is 0 Å². The second-order valence-corrected chi connectivity index (χ2v) is 9.20. The summed E-state index contributed by atoms with van der Waals surface area (Å²) < 4.78 is 7.24. The first-order valence-electron chi connectivity index (χ1n) is 12.2. The predicted molar refractivity (Wildman–Crippen MR) is 138 cm³/mol. The minimum absolute atomic E-state index is 0.0660. The van der Waals surface area contributed by atoms with E-state index in [4.69, 9.17) is 4.74 Å². The molecule has 186 valence electrons. The Morgan fingerprint density at radius 1 is 1.14 bits per heavy atom. The standard InChI is InChI=1S/C17H20N4O2.C11H16O/c1-13-6-5-9-21(13)17(23)16(14-7-3-2-4-8-14)20-10-15(18-11-20)19-12-22;1-10(2)8-12-9-11-6-4-3-5-7-11/h2-4,7-8,10-13,16H,5-6,9H2,1H3,(H,19,22);3-7,10H,8-9H2,1-2H3/t13-,16+;/m1./s1. The summed E-state index contributed by atoms with van der Waals surface area (Å²) in [6.07, 6.45) is 5.92. The van der Waals surface area contributed by atoms with Crippen LogP contribution in [0.1, 0.15) is 50.8 Å². The molecule has 35 heavy (non-hydrogen) atoms. The van der Waals surface area contributed by atoms with Crippen molar-refractivity contribution in [3.05, 3.63) is 84.3 Å². The first kappa shape index (κ1) is 26.2. The van der Waals surface area contributed by atoms with E-state index in [1.165, 1.54) is 5.56 Å². The molecule has 2 heterocycles. The fraction of sp³-hybridized carbons (Fsp3) is 0.393. The smallest absolute Gasteiger partial charge is 0.250 e. The second-order valence-electron chi connectivity index (χ2n) is 9.20. The zero-order valence-electron chi connectivity index (χ0n) is 20.8. The van der Waals surface area contributed by atoms with Gasteiger partial charge in [0.15, 0.2) is 5.82 Å². The second kappa shape index (κ2) is 13.4. The lowest BCUT2D eigenvalue weighted by Crippen LogP contribution is -2.39. The normalized spacial score (nSPS) is 15.9. The number of carbonyl (C=O) groups excluding carboxylic acids is 2. The lowest BCUT2D eigenvalue weighted by Gasteiger charge is -2.27. The number of aromatic nitrogens is 2. The Morgan fingerprint density at radius 3 is 2.43 bits per heavy atom. The minimum atomic E-state index is -0.466. The highest BCUT2D eigenvalue weighted by atomic mass is 16.5. The summed E-state index contributed by atoms with van der Waals surface area (Å²) in [5.41, 5.74) is 2.16. The fourth-order valence-electron chi connectivity index (χ4n) is 4.09. The fourth-order valence-corrected chi connectivity index (χ4v) is 4.09. The number of anilines is 1. The average Bonchev–Trinajstić information content (AvgIpc) is 3.50. The molecule has 1 saturated heterocycles. The van der Waals surface area contributed by atoms with Gasteiger partial charge in [-0.25, -0.2) is 4.98 Å². The van der Waals surface area contributed by atoms with E-state index in [-0.39, 0.29) is 11.9 Å². The highest BCUT2D eigenvalue weighted by Crippen LogP contribution is 2.26. The van der Waals surface area contributed by atoms with Crippen LogP contribution in [-0.4, -0.2) is 46.0 Å². The molecule has 0 unspecified atom stereocenters. The van der Waals surface area contributed by atoms with Gasteiger partial charge in [-0.05, 0) is 36.8 Å². The largest absolute Gasteiger partial charge is 0.377 e. The van der Waals surface area contributed by atoms with Gasteiger partial charge in [0.2, 0.25) is 6.41 Å². The maximum atomic E-state index is 13.1. The van der Waals surface area contributed by atoms with Crippen molar-refractivity contribution in [3.8, 4) is 0 Å². The molecule has 1 aromatic heterocycles. The number of carbonyl (C=O) groups is 2. The number of rotatable bonds is 9. The van der Waals surface area contributed by atoms with Crippen LogP contribution in [0.15, 0.2) is 73.2 Å². The van der Waals surface area contributed by atoms with Crippen molar-refractivity contribution < 1.29 is 14.3 Å². The van der Waals surface area contributed by atoms with E-state index in [9.17, 15) is 9.59 Å². The topological polar surface area (TPSA) is 76.5 Å². The molecule has 0 spiro atoms. The summed E-state index contributed by atoms with van der Waals surface area (Å²) in [5.74, 6) is 1.12. The molecule has 4 rings (SSSR count). The van der Waals surface area contributed by atoms with Crippen molar-refractivity contribution in [1.29, 1.82) is 0 Å². The number of likely N-dealkylation sites (tertiary alicyclic amines) is 1. The molecule has 2 aromatic carbocycles. The van der Waals surface area contributed by atoms with Crippen LogP contribution in [0.2, 0.25) is 0 Å². The van der Waals surface area contributed by atoms with Crippen LogP contribution in [0, 0.1) is 5.92 Å². The van der Waals surface area contributed by atoms with E-state index in [0.717, 1.165) is 38.2 Å². The van der Waals surface area contributed by atoms with Crippen molar-refractivity contribution >= 4 is 18.1 Å². The molecule has 3 aromatic rings. The molecule has 1 aliphatic heterocycles. The molecular formula is C28H36N4O3. The zero-order valence-corrected chi connectivity index (χ0v) is 20.8. The summed E-state index contributed by atoms with van der Waals surface area (Å²) in [5, 5.41) is 2.51. The van der Waals surface area contributed by atoms with Gasteiger partial charge in [0.25, 0.3) is 5.91 Å². The van der Waals surface area contributed by atoms with Crippen molar-refractivity contribution in [3.63, 3.8) is 0 Å². The highest BCUT2D eigenvalue weighted by Gasteiger charge is 2.32. The number of hydrogen-bond acceptors (Lipinski definition) is 4. The van der Waals surface area contributed by atoms with Crippen LogP contribution in [0.3, 0.4) is 0 Å². The van der Waals surface area contributed by atoms with E-state index in [0.29, 0.717) is 18.1 Å². The van der Waals surface area contributed by atoms with Gasteiger partial charge in [0.05, 0.1) is 12.9 Å². The van der Waals surface area contributed by atoms with Gasteiger partial charge in [-0.2, -0.15) is 0 Å². The number of hydrogen-bond donors (Lipinski definition) is 1. The number of amides is 2. The minimum Gasteiger partial charge on any atom is -0.377 e. The van der Waals surface area contributed by atoms with E-state index in [2.05, 4.69) is 43.2 Å². The molecule has 7 nitrogen and oxygen atoms in total. The Balaban J connectivity index is 0.000000241. The Kier molecular flexibility index (Phi) is 10.0. The maximum Gasteiger partial charge on any atom is 0.250 e. The van der Waals surface area contributed by atoms with Gasteiger partial charge in [-0.15, -0.1) is 0 Å². The van der Waals surface area contributed by atoms with Gasteiger partial charge in [-0.1, -0.05) is 74.5 Å². The summed E-state index contributed by atoms with van der Waals surface area (Å²) >= 11 is 0. The first-order valence-corrected chi connectivity index (χ1v) is 12.2. The summed E-state index contributed by atoms with van der Waals surface area (Å²) in [7, 11) is 0. The molecule has 0 saturated carbocycles. The van der Waals surface area contributed by atoms with Crippen LogP contribution in [-0.2, 0) is 20.9 Å². The number of ether oxygens (including phenoxy) is 1. The van der Waals surface area contributed by atoms with Gasteiger partial charge in [0, 0.05) is 25.4 Å². The molecule has 1 N–H and O–H groups in total. The molecule has 1 aliphatic rings. The number of benzene rings is 2. The van der Waals surface area contributed by atoms with Crippen LogP contribution in [0.4, 0.5) is 5.82 Å². The maximum absolute atomic E-state index is 13.1. The van der Waals surface area contributed by atoms with E-state index in [1.54, 1.807) is 17.1 Å². The van der Waals surface area contributed by atoms with E-state index >= 15 is 0 Å². The molecular weight excluding hydrogens is 440 g/mol. The van der Waals surface area contributed by atoms with E-state index in [1.807, 2.05) is 53.4 Å². The van der Waals surface area contributed by atoms with Crippen LogP contribution in [0.5, 0.6) is 0 Å². The molecule has 0 aliphatic carbocycles. The van der Waals surface area contributed by atoms with Gasteiger partial charge in [-0.3, -0.25) is 9.59 Å². The first-order chi connectivity index (χ1) is 17.0. The van der Waals surface area contributed by atoms with Crippen molar-refractivity contribution in [1.82, 2.24) is 14.5 Å². The molecule has 7 heteroatoms. The predicted octanol–water partition coefficient (Wildman–Crippen LogP) is 4.91. The van der Waals surface area contributed by atoms with Gasteiger partial charge < -0.3 is 19.5 Å². The zero-order chi connectivity index (χ0) is 25.0. The van der Waals surface area contributed by atoms with Crippen LogP contribution in [0.25, 0.3) is 0 Å². The molecule has 0 radical (unpaired) electrons. The number of nitrogens with zero attached hydrogens (tertiary/aromatic N) is 3. The summed E-state index contributed by atoms with van der Waals surface area (Å²) in [6, 6.07) is 19.7. The third-order valence-electron chi connectivity index (χ3n) is 5.85.